The number of amides is 1. The number of benzene rings is 1. The van der Waals surface area contributed by atoms with E-state index in [9.17, 15) is 13.2 Å². The van der Waals surface area contributed by atoms with Gasteiger partial charge in [-0.3, -0.25) is 4.79 Å². The van der Waals surface area contributed by atoms with E-state index in [1.165, 1.54) is 5.69 Å². The predicted octanol–water partition coefficient (Wildman–Crippen LogP) is 0.568. The van der Waals surface area contributed by atoms with Crippen molar-refractivity contribution in [2.24, 2.45) is 5.92 Å². The number of carbonyl (C=O) groups excluding carboxylic acids is 1. The number of carbonyl (C=O) groups is 1. The SMILES string of the molecule is CS(=O)(=O)NCCC(=O)NCC1CCN(c2ccccc2)C1. The molecule has 0 saturated carbocycles. The molecule has 2 rings (SSSR count). The van der Waals surface area contributed by atoms with Crippen molar-refractivity contribution in [1.29, 1.82) is 0 Å². The first-order valence-electron chi connectivity index (χ1n) is 7.45. The Labute approximate surface area is 131 Å². The van der Waals surface area contributed by atoms with Gasteiger partial charge in [-0.25, -0.2) is 13.1 Å². The first-order chi connectivity index (χ1) is 10.4. The highest BCUT2D eigenvalue weighted by Crippen LogP contribution is 2.22. The molecule has 0 aromatic heterocycles. The lowest BCUT2D eigenvalue weighted by molar-refractivity contribution is -0.121. The molecule has 1 aliphatic heterocycles. The zero-order valence-electron chi connectivity index (χ0n) is 12.8. The molecule has 1 aromatic carbocycles. The third-order valence-corrected chi connectivity index (χ3v) is 4.44. The van der Waals surface area contributed by atoms with Crippen LogP contribution in [-0.2, 0) is 14.8 Å². The van der Waals surface area contributed by atoms with E-state index < -0.39 is 10.0 Å². The van der Waals surface area contributed by atoms with Gasteiger partial charge in [0.2, 0.25) is 15.9 Å². The Morgan fingerprint density at radius 2 is 2.05 bits per heavy atom. The van der Waals surface area contributed by atoms with Crippen molar-refractivity contribution < 1.29 is 13.2 Å². The maximum atomic E-state index is 11.7. The third-order valence-electron chi connectivity index (χ3n) is 3.71. The van der Waals surface area contributed by atoms with Gasteiger partial charge >= 0.3 is 0 Å². The fourth-order valence-corrected chi connectivity index (χ4v) is 3.04. The van der Waals surface area contributed by atoms with Gasteiger partial charge < -0.3 is 10.2 Å². The average Bonchev–Trinajstić information content (AvgIpc) is 2.94. The highest BCUT2D eigenvalue weighted by Gasteiger charge is 2.22. The normalized spacial score (nSPS) is 18.4. The van der Waals surface area contributed by atoms with Gasteiger partial charge in [0.1, 0.15) is 0 Å². The second-order valence-electron chi connectivity index (χ2n) is 5.66. The molecule has 1 heterocycles. The topological polar surface area (TPSA) is 78.5 Å². The second kappa shape index (κ2) is 7.60. The molecule has 2 N–H and O–H groups in total. The van der Waals surface area contributed by atoms with Gasteiger partial charge in [-0.1, -0.05) is 18.2 Å². The molecular weight excluding hydrogens is 302 g/mol. The summed E-state index contributed by atoms with van der Waals surface area (Å²) < 4.78 is 24.1. The maximum absolute atomic E-state index is 11.7. The van der Waals surface area contributed by atoms with Crippen molar-refractivity contribution in [3.8, 4) is 0 Å². The van der Waals surface area contributed by atoms with Crippen molar-refractivity contribution in [2.75, 3.05) is 37.3 Å². The van der Waals surface area contributed by atoms with Crippen molar-refractivity contribution in [3.63, 3.8) is 0 Å². The lowest BCUT2D eigenvalue weighted by Crippen LogP contribution is -2.33. The summed E-state index contributed by atoms with van der Waals surface area (Å²) in [6.45, 7) is 2.72. The first kappa shape index (κ1) is 16.8. The Bertz CT molecular complexity index is 589. The van der Waals surface area contributed by atoms with E-state index in [0.717, 1.165) is 25.8 Å². The number of nitrogens with zero attached hydrogens (tertiary/aromatic N) is 1. The molecule has 1 aliphatic rings. The van der Waals surface area contributed by atoms with Crippen molar-refractivity contribution in [2.45, 2.75) is 12.8 Å². The lowest BCUT2D eigenvalue weighted by atomic mass is 10.1. The summed E-state index contributed by atoms with van der Waals surface area (Å²) in [5.41, 5.74) is 1.22. The number of nitrogens with one attached hydrogen (secondary N) is 2. The Kier molecular flexibility index (Phi) is 5.79. The molecule has 0 radical (unpaired) electrons. The van der Waals surface area contributed by atoms with E-state index >= 15 is 0 Å². The Hall–Kier alpha value is -1.60. The molecule has 1 saturated heterocycles. The number of anilines is 1. The van der Waals surface area contributed by atoms with Crippen LogP contribution >= 0.6 is 0 Å². The molecule has 0 spiro atoms. The molecule has 0 aliphatic carbocycles. The average molecular weight is 325 g/mol. The highest BCUT2D eigenvalue weighted by molar-refractivity contribution is 7.88. The number of sulfonamides is 1. The molecule has 22 heavy (non-hydrogen) atoms. The molecule has 1 fully saturated rings. The minimum absolute atomic E-state index is 0.116. The summed E-state index contributed by atoms with van der Waals surface area (Å²) >= 11 is 0. The van der Waals surface area contributed by atoms with Crippen molar-refractivity contribution in [3.05, 3.63) is 30.3 Å². The summed E-state index contributed by atoms with van der Waals surface area (Å²) in [6.07, 6.45) is 2.31. The lowest BCUT2D eigenvalue weighted by Gasteiger charge is -2.18. The van der Waals surface area contributed by atoms with Crippen LogP contribution in [0.2, 0.25) is 0 Å². The van der Waals surface area contributed by atoms with Gasteiger partial charge in [-0.15, -0.1) is 0 Å². The molecule has 6 nitrogen and oxygen atoms in total. The summed E-state index contributed by atoms with van der Waals surface area (Å²) in [4.78, 5) is 14.0. The zero-order valence-corrected chi connectivity index (χ0v) is 13.6. The van der Waals surface area contributed by atoms with E-state index in [1.54, 1.807) is 0 Å². The fraction of sp³-hybridized carbons (Fsp3) is 0.533. The van der Waals surface area contributed by atoms with Gasteiger partial charge in [0.15, 0.2) is 0 Å². The quantitative estimate of drug-likeness (QED) is 0.768. The molecule has 1 atom stereocenters. The molecule has 1 amide bonds. The predicted molar refractivity (Wildman–Crippen MR) is 87.2 cm³/mol. The molecule has 7 heteroatoms. The van der Waals surface area contributed by atoms with Crippen LogP contribution in [0.4, 0.5) is 5.69 Å². The van der Waals surface area contributed by atoms with Gasteiger partial charge in [0, 0.05) is 38.3 Å². The summed E-state index contributed by atoms with van der Waals surface area (Å²) in [6, 6.07) is 10.2. The van der Waals surface area contributed by atoms with Crippen molar-refractivity contribution in [1.82, 2.24) is 10.0 Å². The van der Waals surface area contributed by atoms with E-state index in [2.05, 4.69) is 27.1 Å². The minimum Gasteiger partial charge on any atom is -0.371 e. The highest BCUT2D eigenvalue weighted by atomic mass is 32.2. The summed E-state index contributed by atoms with van der Waals surface area (Å²) in [5, 5.41) is 2.88. The van der Waals surface area contributed by atoms with Crippen LogP contribution in [0.3, 0.4) is 0 Å². The Morgan fingerprint density at radius 3 is 2.73 bits per heavy atom. The monoisotopic (exact) mass is 325 g/mol. The van der Waals surface area contributed by atoms with Crippen LogP contribution < -0.4 is 14.9 Å². The Morgan fingerprint density at radius 1 is 1.32 bits per heavy atom. The van der Waals surface area contributed by atoms with Gasteiger partial charge in [-0.05, 0) is 24.5 Å². The smallest absolute Gasteiger partial charge is 0.221 e. The van der Waals surface area contributed by atoms with Gasteiger partial charge in [0.05, 0.1) is 6.26 Å². The van der Waals surface area contributed by atoms with Crippen LogP contribution in [0, 0.1) is 5.92 Å². The number of hydrogen-bond acceptors (Lipinski definition) is 4. The van der Waals surface area contributed by atoms with Crippen LogP contribution in [-0.4, -0.2) is 46.8 Å². The maximum Gasteiger partial charge on any atom is 0.221 e. The van der Waals surface area contributed by atoms with Crippen molar-refractivity contribution >= 4 is 21.6 Å². The van der Waals surface area contributed by atoms with Gasteiger partial charge in [0.25, 0.3) is 0 Å². The van der Waals surface area contributed by atoms with Gasteiger partial charge in [-0.2, -0.15) is 0 Å². The summed E-state index contributed by atoms with van der Waals surface area (Å²) in [5.74, 6) is 0.321. The van der Waals surface area contributed by atoms with E-state index in [0.29, 0.717) is 12.5 Å². The van der Waals surface area contributed by atoms with Crippen LogP contribution in [0.25, 0.3) is 0 Å². The van der Waals surface area contributed by atoms with E-state index in [4.69, 9.17) is 0 Å². The third kappa shape index (κ3) is 5.65. The van der Waals surface area contributed by atoms with Crippen LogP contribution in [0.5, 0.6) is 0 Å². The van der Waals surface area contributed by atoms with E-state index in [1.807, 2.05) is 18.2 Å². The minimum atomic E-state index is -3.22. The van der Waals surface area contributed by atoms with E-state index in [-0.39, 0.29) is 18.9 Å². The molecule has 122 valence electrons. The number of hydrogen-bond donors (Lipinski definition) is 2. The molecule has 1 aromatic rings. The molecule has 0 bridgehead atoms. The number of para-hydroxylation sites is 1. The zero-order chi connectivity index (χ0) is 16.0. The van der Waals surface area contributed by atoms with Crippen LogP contribution in [0.1, 0.15) is 12.8 Å². The Balaban J connectivity index is 1.67. The standard InChI is InChI=1S/C15H23N3O3S/c1-22(20,21)17-9-7-15(19)16-11-13-8-10-18(12-13)14-5-3-2-4-6-14/h2-6,13,17H,7-12H2,1H3,(H,16,19). The fourth-order valence-electron chi connectivity index (χ4n) is 2.57. The number of rotatable bonds is 7. The molecule has 1 unspecified atom stereocenters. The summed E-state index contributed by atoms with van der Waals surface area (Å²) in [7, 11) is -3.22. The van der Waals surface area contributed by atoms with Crippen LogP contribution in [0.15, 0.2) is 30.3 Å². The second-order valence-corrected chi connectivity index (χ2v) is 7.49. The largest absolute Gasteiger partial charge is 0.371 e. The molecular formula is C15H23N3O3S. The first-order valence-corrected chi connectivity index (χ1v) is 9.34.